The van der Waals surface area contributed by atoms with Crippen LogP contribution in [0.2, 0.25) is 0 Å². The first-order valence-electron chi connectivity index (χ1n) is 8.50. The first-order chi connectivity index (χ1) is 13.6. The molecule has 0 radical (unpaired) electrons. The fourth-order valence-corrected chi connectivity index (χ4v) is 3.73. The van der Waals surface area contributed by atoms with Gasteiger partial charge in [0.2, 0.25) is 11.0 Å². The fourth-order valence-electron chi connectivity index (χ4n) is 2.30. The zero-order valence-corrected chi connectivity index (χ0v) is 17.3. The zero-order chi connectivity index (χ0) is 19.9. The molecule has 3 aromatic rings. The first-order valence-corrected chi connectivity index (χ1v) is 10.3. The highest BCUT2D eigenvalue weighted by atomic mass is 32.2. The molecule has 11 heteroatoms. The normalized spacial score (nSPS) is 10.7. The summed E-state index contributed by atoms with van der Waals surface area (Å²) in [6.45, 7) is 4.79. The third-order valence-electron chi connectivity index (χ3n) is 3.64. The maximum absolute atomic E-state index is 12.1. The molecule has 9 nitrogen and oxygen atoms in total. The Labute approximate surface area is 170 Å². The molecule has 1 N–H and O–H groups in total. The molecule has 0 unspecified atom stereocenters. The topological polar surface area (TPSA) is 104 Å². The number of anilines is 1. The molecule has 28 heavy (non-hydrogen) atoms. The Kier molecular flexibility index (Phi) is 6.82. The maximum atomic E-state index is 12.1. The van der Waals surface area contributed by atoms with Crippen LogP contribution in [-0.2, 0) is 17.9 Å². The lowest BCUT2D eigenvalue weighted by Gasteiger charge is -2.09. The lowest BCUT2D eigenvalue weighted by Crippen LogP contribution is -2.14. The van der Waals surface area contributed by atoms with E-state index >= 15 is 0 Å². The zero-order valence-electron chi connectivity index (χ0n) is 15.7. The Hall–Kier alpha value is -2.66. The predicted molar refractivity (Wildman–Crippen MR) is 107 cm³/mol. The molecule has 0 saturated heterocycles. The monoisotopic (exact) mass is 420 g/mol. The number of nitrogens with zero attached hydrogens (tertiary/aromatic N) is 5. The van der Waals surface area contributed by atoms with Crippen LogP contribution in [0.4, 0.5) is 5.13 Å². The van der Waals surface area contributed by atoms with Crippen LogP contribution < -0.4 is 14.8 Å². The highest BCUT2D eigenvalue weighted by Crippen LogP contribution is 2.21. The van der Waals surface area contributed by atoms with Gasteiger partial charge in [0.25, 0.3) is 0 Å². The van der Waals surface area contributed by atoms with Gasteiger partial charge in [0.05, 0.1) is 12.9 Å². The Morgan fingerprint density at radius 1 is 1.18 bits per heavy atom. The van der Waals surface area contributed by atoms with Crippen molar-refractivity contribution < 1.29 is 14.3 Å². The van der Waals surface area contributed by atoms with Gasteiger partial charge in [-0.25, -0.2) is 0 Å². The van der Waals surface area contributed by atoms with Crippen LogP contribution >= 0.6 is 23.1 Å². The van der Waals surface area contributed by atoms with Crippen molar-refractivity contribution in [1.82, 2.24) is 25.0 Å². The molecule has 0 bridgehead atoms. The van der Waals surface area contributed by atoms with Crippen LogP contribution in [0.25, 0.3) is 0 Å². The summed E-state index contributed by atoms with van der Waals surface area (Å²) >= 11 is 2.65. The summed E-state index contributed by atoms with van der Waals surface area (Å²) in [5, 5.41) is 20.8. The van der Waals surface area contributed by atoms with Gasteiger partial charge in [-0.1, -0.05) is 23.1 Å². The van der Waals surface area contributed by atoms with E-state index in [2.05, 4.69) is 25.7 Å². The van der Waals surface area contributed by atoms with Gasteiger partial charge in [0, 0.05) is 6.54 Å². The van der Waals surface area contributed by atoms with Crippen molar-refractivity contribution in [3.63, 3.8) is 0 Å². The van der Waals surface area contributed by atoms with E-state index < -0.39 is 0 Å². The minimum Gasteiger partial charge on any atom is -0.497 e. The van der Waals surface area contributed by atoms with Gasteiger partial charge in [-0.05, 0) is 38.1 Å². The number of rotatable bonds is 9. The van der Waals surface area contributed by atoms with E-state index in [0.29, 0.717) is 28.4 Å². The second kappa shape index (κ2) is 9.51. The van der Waals surface area contributed by atoms with Crippen molar-refractivity contribution in [2.75, 3.05) is 18.2 Å². The van der Waals surface area contributed by atoms with Gasteiger partial charge in [-0.2, -0.15) is 0 Å². The van der Waals surface area contributed by atoms with Crippen LogP contribution in [0.3, 0.4) is 0 Å². The molecule has 148 valence electrons. The largest absolute Gasteiger partial charge is 0.497 e. The number of methoxy groups -OCH3 is 1. The van der Waals surface area contributed by atoms with Gasteiger partial charge >= 0.3 is 0 Å². The standard InChI is InChI=1S/C17H20N6O3S2/c1-4-23-14(9-26-13-7-5-12(25-3)6-8-13)20-22-17(23)27-10-15(24)18-16-21-19-11(2)28-16/h5-8H,4,9-10H2,1-3H3,(H,18,21,24). The van der Waals surface area contributed by atoms with Gasteiger partial charge in [0.1, 0.15) is 23.1 Å². The van der Waals surface area contributed by atoms with Crippen molar-refractivity contribution in [3.8, 4) is 11.5 Å². The Morgan fingerprint density at radius 3 is 2.57 bits per heavy atom. The predicted octanol–water partition coefficient (Wildman–Crippen LogP) is 2.78. The quantitative estimate of drug-likeness (QED) is 0.527. The van der Waals surface area contributed by atoms with E-state index in [1.807, 2.05) is 42.7 Å². The molecule has 0 aliphatic heterocycles. The number of aryl methyl sites for hydroxylation is 1. The van der Waals surface area contributed by atoms with Crippen LogP contribution in [0, 0.1) is 6.92 Å². The average molecular weight is 421 g/mol. The molecule has 0 spiro atoms. The summed E-state index contributed by atoms with van der Waals surface area (Å²) in [6, 6.07) is 7.33. The van der Waals surface area contributed by atoms with Gasteiger partial charge in [-0.3, -0.25) is 10.1 Å². The number of benzene rings is 1. The summed E-state index contributed by atoms with van der Waals surface area (Å²) in [5.41, 5.74) is 0. The summed E-state index contributed by atoms with van der Waals surface area (Å²) in [7, 11) is 1.62. The van der Waals surface area contributed by atoms with Crippen LogP contribution in [-0.4, -0.2) is 43.7 Å². The molecule has 2 heterocycles. The molecule has 2 aromatic heterocycles. The molecule has 0 fully saturated rings. The summed E-state index contributed by atoms with van der Waals surface area (Å²) in [4.78, 5) is 12.1. The van der Waals surface area contributed by atoms with Gasteiger partial charge in [0.15, 0.2) is 11.0 Å². The Morgan fingerprint density at radius 2 is 1.93 bits per heavy atom. The second-order valence-corrected chi connectivity index (χ2v) is 7.69. The molecular formula is C17H20N6O3S2. The lowest BCUT2D eigenvalue weighted by molar-refractivity contribution is -0.113. The van der Waals surface area contributed by atoms with Gasteiger partial charge in [-0.15, -0.1) is 20.4 Å². The van der Waals surface area contributed by atoms with Crippen molar-refractivity contribution in [3.05, 3.63) is 35.1 Å². The van der Waals surface area contributed by atoms with Crippen molar-refractivity contribution >= 4 is 34.1 Å². The molecule has 0 atom stereocenters. The van der Waals surface area contributed by atoms with E-state index in [4.69, 9.17) is 9.47 Å². The molecule has 0 saturated carbocycles. The smallest absolute Gasteiger partial charge is 0.236 e. The van der Waals surface area contributed by atoms with E-state index in [1.165, 1.54) is 23.1 Å². The third-order valence-corrected chi connectivity index (χ3v) is 5.36. The average Bonchev–Trinajstić information content (AvgIpc) is 3.30. The van der Waals surface area contributed by atoms with E-state index in [0.717, 1.165) is 10.8 Å². The highest BCUT2D eigenvalue weighted by Gasteiger charge is 2.14. The molecule has 0 aliphatic carbocycles. The Bertz CT molecular complexity index is 925. The minimum absolute atomic E-state index is 0.164. The van der Waals surface area contributed by atoms with E-state index in [-0.39, 0.29) is 18.3 Å². The number of ether oxygens (including phenoxy) is 2. The molecule has 3 rings (SSSR count). The van der Waals surface area contributed by atoms with Crippen molar-refractivity contribution in [2.45, 2.75) is 32.2 Å². The molecule has 1 amide bonds. The van der Waals surface area contributed by atoms with Crippen LogP contribution in [0.5, 0.6) is 11.5 Å². The number of hydrogen-bond acceptors (Lipinski definition) is 9. The molecule has 0 aliphatic rings. The van der Waals surface area contributed by atoms with E-state index in [1.54, 1.807) is 7.11 Å². The number of carbonyl (C=O) groups excluding carboxylic acids is 1. The van der Waals surface area contributed by atoms with E-state index in [9.17, 15) is 4.79 Å². The van der Waals surface area contributed by atoms with Crippen molar-refractivity contribution in [1.29, 1.82) is 0 Å². The summed E-state index contributed by atoms with van der Waals surface area (Å²) < 4.78 is 12.8. The van der Waals surface area contributed by atoms with Crippen LogP contribution in [0.15, 0.2) is 29.4 Å². The third kappa shape index (κ3) is 5.20. The van der Waals surface area contributed by atoms with Crippen molar-refractivity contribution in [2.24, 2.45) is 0 Å². The fraction of sp³-hybridized carbons (Fsp3) is 0.353. The lowest BCUT2D eigenvalue weighted by atomic mass is 10.3. The number of carbonyl (C=O) groups is 1. The molecular weight excluding hydrogens is 400 g/mol. The summed E-state index contributed by atoms with van der Waals surface area (Å²) in [5.74, 6) is 2.22. The number of nitrogens with one attached hydrogen (secondary N) is 1. The number of aromatic nitrogens is 5. The SMILES string of the molecule is CCn1c(COc2ccc(OC)cc2)nnc1SCC(=O)Nc1nnc(C)s1. The number of amides is 1. The Balaban J connectivity index is 1.55. The first kappa shape index (κ1) is 20.1. The minimum atomic E-state index is -0.164. The highest BCUT2D eigenvalue weighted by molar-refractivity contribution is 7.99. The number of hydrogen-bond donors (Lipinski definition) is 1. The number of thioether (sulfide) groups is 1. The summed E-state index contributed by atoms with van der Waals surface area (Å²) in [6.07, 6.45) is 0. The van der Waals surface area contributed by atoms with Gasteiger partial charge < -0.3 is 14.0 Å². The maximum Gasteiger partial charge on any atom is 0.236 e. The molecule has 1 aromatic carbocycles. The van der Waals surface area contributed by atoms with Crippen LogP contribution in [0.1, 0.15) is 17.8 Å². The second-order valence-electron chi connectivity index (χ2n) is 5.57.